The number of amides is 2. The molecule has 1 aliphatic rings. The van der Waals surface area contributed by atoms with E-state index in [2.05, 4.69) is 27.4 Å². The number of aromatic nitrogens is 2. The Hall–Kier alpha value is -3.61. The van der Waals surface area contributed by atoms with E-state index in [1.54, 1.807) is 4.68 Å². The Morgan fingerprint density at radius 3 is 2.28 bits per heavy atom. The molecule has 7 nitrogen and oxygen atoms in total. The summed E-state index contributed by atoms with van der Waals surface area (Å²) in [5.41, 5.74) is 6.12. The molecule has 1 fully saturated rings. The Balaban J connectivity index is 1.43. The summed E-state index contributed by atoms with van der Waals surface area (Å²) in [6.45, 7) is 8.65. The predicted molar refractivity (Wildman–Crippen MR) is 127 cm³/mol. The van der Waals surface area contributed by atoms with E-state index < -0.39 is 0 Å². The Labute approximate surface area is 188 Å². The number of para-hydroxylation sites is 1. The van der Waals surface area contributed by atoms with Crippen molar-refractivity contribution in [2.24, 2.45) is 0 Å². The molecule has 1 N–H and O–H groups in total. The highest BCUT2D eigenvalue weighted by atomic mass is 16.2. The van der Waals surface area contributed by atoms with Crippen molar-refractivity contribution in [2.45, 2.75) is 27.3 Å². The molecule has 1 aliphatic heterocycles. The molecule has 2 heterocycles. The third-order valence-corrected chi connectivity index (χ3v) is 5.78. The summed E-state index contributed by atoms with van der Waals surface area (Å²) in [5, 5.41) is 7.22. The molecule has 1 aromatic heterocycles. The number of nitrogens with one attached hydrogen (secondary N) is 1. The summed E-state index contributed by atoms with van der Waals surface area (Å²) >= 11 is 0. The van der Waals surface area contributed by atoms with Crippen LogP contribution in [0.15, 0.2) is 54.6 Å². The lowest BCUT2D eigenvalue weighted by Crippen LogP contribution is -2.49. The molecule has 0 bridgehead atoms. The van der Waals surface area contributed by atoms with Crippen LogP contribution in [0.3, 0.4) is 0 Å². The van der Waals surface area contributed by atoms with Crippen molar-refractivity contribution in [1.82, 2.24) is 14.7 Å². The van der Waals surface area contributed by atoms with Crippen LogP contribution >= 0.6 is 0 Å². The van der Waals surface area contributed by atoms with Crippen LogP contribution < -0.4 is 10.2 Å². The largest absolute Gasteiger partial charge is 0.367 e. The van der Waals surface area contributed by atoms with Crippen LogP contribution in [-0.4, -0.2) is 52.7 Å². The van der Waals surface area contributed by atoms with E-state index in [4.69, 9.17) is 0 Å². The van der Waals surface area contributed by atoms with Gasteiger partial charge in [0, 0.05) is 55.7 Å². The standard InChI is InChI=1S/C25H29N5O2/c1-18-16-19(2)30(27-18)17-25(32)29-14-12-28(13-15-29)24-7-5-4-6-23(24)21-8-10-22(11-9-21)26-20(3)31/h4-11,16H,12-15,17H2,1-3H3,(H,26,31). The van der Waals surface area contributed by atoms with Crippen LogP contribution in [0.25, 0.3) is 11.1 Å². The molecule has 0 atom stereocenters. The number of benzene rings is 2. The minimum Gasteiger partial charge on any atom is -0.367 e. The zero-order chi connectivity index (χ0) is 22.7. The molecule has 3 aromatic rings. The van der Waals surface area contributed by atoms with Gasteiger partial charge >= 0.3 is 0 Å². The maximum Gasteiger partial charge on any atom is 0.244 e. The first-order chi connectivity index (χ1) is 15.4. The van der Waals surface area contributed by atoms with E-state index in [1.165, 1.54) is 6.92 Å². The lowest BCUT2D eigenvalue weighted by Gasteiger charge is -2.37. The Morgan fingerprint density at radius 1 is 0.969 bits per heavy atom. The van der Waals surface area contributed by atoms with Crippen molar-refractivity contribution in [3.63, 3.8) is 0 Å². The lowest BCUT2D eigenvalue weighted by atomic mass is 10.0. The van der Waals surface area contributed by atoms with Gasteiger partial charge in [-0.05, 0) is 43.7 Å². The second-order valence-electron chi connectivity index (χ2n) is 8.23. The minimum absolute atomic E-state index is 0.0802. The van der Waals surface area contributed by atoms with Gasteiger partial charge in [-0.15, -0.1) is 0 Å². The summed E-state index contributed by atoms with van der Waals surface area (Å²) in [6.07, 6.45) is 0. The number of piperazine rings is 1. The van der Waals surface area contributed by atoms with Crippen LogP contribution in [0, 0.1) is 13.8 Å². The van der Waals surface area contributed by atoms with Crippen molar-refractivity contribution >= 4 is 23.2 Å². The van der Waals surface area contributed by atoms with Gasteiger partial charge in [-0.1, -0.05) is 30.3 Å². The van der Waals surface area contributed by atoms with E-state index >= 15 is 0 Å². The fourth-order valence-corrected chi connectivity index (χ4v) is 4.19. The van der Waals surface area contributed by atoms with E-state index in [-0.39, 0.29) is 18.4 Å². The molecular weight excluding hydrogens is 402 g/mol. The van der Waals surface area contributed by atoms with Crippen molar-refractivity contribution in [3.05, 3.63) is 66.0 Å². The predicted octanol–water partition coefficient (Wildman–Crippen LogP) is 3.47. The number of nitrogens with zero attached hydrogens (tertiary/aromatic N) is 4. The summed E-state index contributed by atoms with van der Waals surface area (Å²) in [6, 6.07) is 18.2. The average molecular weight is 432 g/mol. The number of hydrogen-bond donors (Lipinski definition) is 1. The van der Waals surface area contributed by atoms with E-state index in [9.17, 15) is 9.59 Å². The molecule has 4 rings (SSSR count). The van der Waals surface area contributed by atoms with Gasteiger partial charge in [-0.25, -0.2) is 0 Å². The highest BCUT2D eigenvalue weighted by molar-refractivity contribution is 5.89. The second kappa shape index (κ2) is 9.26. The van der Waals surface area contributed by atoms with E-state index in [0.717, 1.165) is 47.0 Å². The first-order valence-corrected chi connectivity index (χ1v) is 10.9. The monoisotopic (exact) mass is 431 g/mol. The molecule has 2 aromatic carbocycles. The summed E-state index contributed by atoms with van der Waals surface area (Å²) in [7, 11) is 0. The third kappa shape index (κ3) is 4.82. The van der Waals surface area contributed by atoms with Gasteiger partial charge in [0.25, 0.3) is 0 Å². The molecule has 2 amide bonds. The van der Waals surface area contributed by atoms with Gasteiger partial charge in [0.2, 0.25) is 11.8 Å². The minimum atomic E-state index is -0.0802. The molecule has 0 saturated carbocycles. The van der Waals surface area contributed by atoms with Gasteiger partial charge in [-0.3, -0.25) is 14.3 Å². The summed E-state index contributed by atoms with van der Waals surface area (Å²) in [5.74, 6) is 0.0288. The van der Waals surface area contributed by atoms with Gasteiger partial charge < -0.3 is 15.1 Å². The molecule has 0 unspecified atom stereocenters. The van der Waals surface area contributed by atoms with E-state index in [1.807, 2.05) is 61.2 Å². The van der Waals surface area contributed by atoms with Crippen molar-refractivity contribution in [2.75, 3.05) is 36.4 Å². The van der Waals surface area contributed by atoms with Gasteiger partial charge in [0.1, 0.15) is 6.54 Å². The lowest BCUT2D eigenvalue weighted by molar-refractivity contribution is -0.132. The van der Waals surface area contributed by atoms with E-state index in [0.29, 0.717) is 13.1 Å². The van der Waals surface area contributed by atoms with Gasteiger partial charge in [0.05, 0.1) is 5.69 Å². The Bertz CT molecular complexity index is 1110. The second-order valence-corrected chi connectivity index (χ2v) is 8.23. The van der Waals surface area contributed by atoms with Crippen LogP contribution in [0.5, 0.6) is 0 Å². The van der Waals surface area contributed by atoms with Crippen molar-refractivity contribution in [3.8, 4) is 11.1 Å². The molecule has 1 saturated heterocycles. The number of hydrogen-bond acceptors (Lipinski definition) is 4. The van der Waals surface area contributed by atoms with Crippen LogP contribution in [0.2, 0.25) is 0 Å². The summed E-state index contributed by atoms with van der Waals surface area (Å²) in [4.78, 5) is 28.3. The van der Waals surface area contributed by atoms with Crippen molar-refractivity contribution in [1.29, 1.82) is 0 Å². The van der Waals surface area contributed by atoms with Gasteiger partial charge in [-0.2, -0.15) is 5.10 Å². The van der Waals surface area contributed by atoms with Crippen LogP contribution in [0.1, 0.15) is 18.3 Å². The van der Waals surface area contributed by atoms with Crippen LogP contribution in [-0.2, 0) is 16.1 Å². The zero-order valence-corrected chi connectivity index (χ0v) is 18.8. The first-order valence-electron chi connectivity index (χ1n) is 10.9. The first kappa shape index (κ1) is 21.6. The fourth-order valence-electron chi connectivity index (χ4n) is 4.19. The molecular formula is C25H29N5O2. The molecule has 32 heavy (non-hydrogen) atoms. The molecule has 166 valence electrons. The molecule has 7 heteroatoms. The van der Waals surface area contributed by atoms with Gasteiger partial charge in [0.15, 0.2) is 0 Å². The fraction of sp³-hybridized carbons (Fsp3) is 0.320. The zero-order valence-electron chi connectivity index (χ0n) is 18.8. The SMILES string of the molecule is CC(=O)Nc1ccc(-c2ccccc2N2CCN(C(=O)Cn3nc(C)cc3C)CC2)cc1. The highest BCUT2D eigenvalue weighted by Gasteiger charge is 2.23. The average Bonchev–Trinajstić information content (AvgIpc) is 3.10. The maximum atomic E-state index is 12.8. The quantitative estimate of drug-likeness (QED) is 0.672. The molecule has 0 radical (unpaired) electrons. The molecule has 0 spiro atoms. The number of anilines is 2. The molecule has 0 aliphatic carbocycles. The van der Waals surface area contributed by atoms with Crippen molar-refractivity contribution < 1.29 is 9.59 Å². The normalized spacial score (nSPS) is 13.8. The Kier molecular flexibility index (Phi) is 6.25. The number of rotatable bonds is 5. The smallest absolute Gasteiger partial charge is 0.244 e. The topological polar surface area (TPSA) is 70.5 Å². The summed E-state index contributed by atoms with van der Waals surface area (Å²) < 4.78 is 1.78. The number of aryl methyl sites for hydroxylation is 2. The maximum absolute atomic E-state index is 12.8. The third-order valence-electron chi connectivity index (χ3n) is 5.78. The number of carbonyl (C=O) groups excluding carboxylic acids is 2. The Morgan fingerprint density at radius 2 is 1.66 bits per heavy atom. The number of carbonyl (C=O) groups is 2. The van der Waals surface area contributed by atoms with Crippen LogP contribution in [0.4, 0.5) is 11.4 Å². The highest BCUT2D eigenvalue weighted by Crippen LogP contribution is 2.32.